The molecule has 2 rings (SSSR count). The highest BCUT2D eigenvalue weighted by molar-refractivity contribution is 7.99. The van der Waals surface area contributed by atoms with Gasteiger partial charge in [0.05, 0.1) is 5.69 Å². The quantitative estimate of drug-likeness (QED) is 0.792. The second-order valence-corrected chi connectivity index (χ2v) is 7.33. The average molecular weight is 365 g/mol. The lowest BCUT2D eigenvalue weighted by Gasteiger charge is -2.11. The number of carbonyl (C=O) groups is 1. The average Bonchev–Trinajstić information content (AvgIpc) is 2.83. The van der Waals surface area contributed by atoms with Crippen LogP contribution >= 0.6 is 11.8 Å². The molecule has 25 heavy (non-hydrogen) atoms. The summed E-state index contributed by atoms with van der Waals surface area (Å²) in [6.07, 6.45) is -0.521. The van der Waals surface area contributed by atoms with Crippen LogP contribution in [0.4, 0.5) is 9.18 Å². The number of imidazole rings is 1. The number of benzene rings is 1. The van der Waals surface area contributed by atoms with E-state index in [-0.39, 0.29) is 12.5 Å². The minimum Gasteiger partial charge on any atom is -0.449 e. The van der Waals surface area contributed by atoms with Gasteiger partial charge in [-0.2, -0.15) is 0 Å². The standard InChI is InChI=1S/C18H24FN3O2S/c1-11(2)16-17(25-14-8-12(3)7-13(4)9-14)22(10-19)15(21-16)5-6-24-18(20)23/h7-9,11H,5-6,10H2,1-4H3,(H2,20,23). The maximum Gasteiger partial charge on any atom is 0.404 e. The van der Waals surface area contributed by atoms with Gasteiger partial charge in [0.25, 0.3) is 0 Å². The highest BCUT2D eigenvalue weighted by Crippen LogP contribution is 2.35. The number of aryl methyl sites for hydroxylation is 2. The third-order valence-corrected chi connectivity index (χ3v) is 4.77. The lowest BCUT2D eigenvalue weighted by molar-refractivity contribution is 0.157. The van der Waals surface area contributed by atoms with Crippen molar-refractivity contribution in [2.45, 2.75) is 56.8 Å². The van der Waals surface area contributed by atoms with Crippen LogP contribution in [0.25, 0.3) is 0 Å². The summed E-state index contributed by atoms with van der Waals surface area (Å²) in [6.45, 7) is 7.54. The Morgan fingerprint density at radius 3 is 2.48 bits per heavy atom. The van der Waals surface area contributed by atoms with Crippen LogP contribution in [-0.4, -0.2) is 22.3 Å². The molecule has 136 valence electrons. The van der Waals surface area contributed by atoms with Crippen molar-refractivity contribution >= 4 is 17.9 Å². The van der Waals surface area contributed by atoms with Gasteiger partial charge >= 0.3 is 6.09 Å². The number of halogens is 1. The number of rotatable bonds is 7. The summed E-state index contributed by atoms with van der Waals surface area (Å²) >= 11 is 1.51. The molecule has 2 N–H and O–H groups in total. The number of hydrogen-bond donors (Lipinski definition) is 1. The van der Waals surface area contributed by atoms with E-state index in [4.69, 9.17) is 10.5 Å². The monoisotopic (exact) mass is 365 g/mol. The van der Waals surface area contributed by atoms with Gasteiger partial charge in [0.2, 0.25) is 0 Å². The van der Waals surface area contributed by atoms with Crippen molar-refractivity contribution in [1.29, 1.82) is 0 Å². The number of aromatic nitrogens is 2. The van der Waals surface area contributed by atoms with E-state index < -0.39 is 12.9 Å². The normalized spacial score (nSPS) is 11.1. The highest BCUT2D eigenvalue weighted by atomic mass is 32.2. The SMILES string of the molecule is Cc1cc(C)cc(Sc2c(C(C)C)nc(CCOC(N)=O)n2CF)c1. The van der Waals surface area contributed by atoms with Crippen molar-refractivity contribution in [3.63, 3.8) is 0 Å². The minimum atomic E-state index is -0.840. The zero-order chi connectivity index (χ0) is 18.6. The van der Waals surface area contributed by atoms with E-state index in [1.165, 1.54) is 11.8 Å². The summed E-state index contributed by atoms with van der Waals surface area (Å²) in [7, 11) is 0. The van der Waals surface area contributed by atoms with Crippen LogP contribution in [0.15, 0.2) is 28.1 Å². The molecule has 0 spiro atoms. The molecule has 0 bridgehead atoms. The van der Waals surface area contributed by atoms with Gasteiger partial charge in [-0.1, -0.05) is 31.7 Å². The van der Waals surface area contributed by atoms with Gasteiger partial charge in [-0.05, 0) is 43.0 Å². The predicted octanol–water partition coefficient (Wildman–Crippen LogP) is 4.34. The molecule has 1 aromatic heterocycles. The van der Waals surface area contributed by atoms with Crippen LogP contribution < -0.4 is 5.73 Å². The van der Waals surface area contributed by atoms with E-state index in [2.05, 4.69) is 23.2 Å². The first kappa shape index (κ1) is 19.3. The van der Waals surface area contributed by atoms with Crippen LogP contribution in [0, 0.1) is 13.8 Å². The number of ether oxygens (including phenoxy) is 1. The number of alkyl halides is 1. The van der Waals surface area contributed by atoms with Crippen molar-refractivity contribution in [2.75, 3.05) is 6.61 Å². The zero-order valence-electron chi connectivity index (χ0n) is 15.0. The fourth-order valence-corrected chi connectivity index (χ4v) is 4.01. The summed E-state index contributed by atoms with van der Waals surface area (Å²) < 4.78 is 20.1. The predicted molar refractivity (Wildman–Crippen MR) is 96.7 cm³/mol. The van der Waals surface area contributed by atoms with E-state index in [1.54, 1.807) is 4.57 Å². The van der Waals surface area contributed by atoms with Crippen LogP contribution in [0.3, 0.4) is 0 Å². The van der Waals surface area contributed by atoms with Crippen LogP contribution in [0.1, 0.15) is 42.4 Å². The maximum absolute atomic E-state index is 13.7. The maximum atomic E-state index is 13.7. The van der Waals surface area contributed by atoms with Gasteiger partial charge in [-0.25, -0.2) is 14.2 Å². The first-order chi connectivity index (χ1) is 11.8. The molecule has 1 amide bonds. The Bertz CT molecular complexity index is 739. The number of nitrogens with two attached hydrogens (primary N) is 1. The van der Waals surface area contributed by atoms with E-state index in [0.29, 0.717) is 12.2 Å². The Balaban J connectivity index is 2.36. The minimum absolute atomic E-state index is 0.0809. The highest BCUT2D eigenvalue weighted by Gasteiger charge is 2.20. The van der Waals surface area contributed by atoms with Crippen molar-refractivity contribution in [2.24, 2.45) is 5.73 Å². The van der Waals surface area contributed by atoms with E-state index in [1.807, 2.05) is 27.7 Å². The Hall–Kier alpha value is -2.02. The largest absolute Gasteiger partial charge is 0.449 e. The number of primary amides is 1. The molecule has 2 aromatic rings. The zero-order valence-corrected chi connectivity index (χ0v) is 15.8. The summed E-state index contributed by atoms with van der Waals surface area (Å²) in [5.74, 6) is 0.705. The Labute approximate surface area is 151 Å². The second-order valence-electron chi connectivity index (χ2n) is 6.26. The third-order valence-electron chi connectivity index (χ3n) is 3.67. The first-order valence-electron chi connectivity index (χ1n) is 8.15. The second kappa shape index (κ2) is 8.38. The Kier molecular flexibility index (Phi) is 6.47. The molecular formula is C18H24FN3O2S. The smallest absolute Gasteiger partial charge is 0.404 e. The van der Waals surface area contributed by atoms with Crippen LogP contribution in [0.5, 0.6) is 0 Å². The van der Waals surface area contributed by atoms with Gasteiger partial charge in [-0.15, -0.1) is 0 Å². The Morgan fingerprint density at radius 2 is 1.96 bits per heavy atom. The van der Waals surface area contributed by atoms with Gasteiger partial charge in [0.1, 0.15) is 17.5 Å². The summed E-state index contributed by atoms with van der Waals surface area (Å²) in [4.78, 5) is 16.4. The summed E-state index contributed by atoms with van der Waals surface area (Å²) in [6, 6.07) is 6.26. The van der Waals surface area contributed by atoms with Gasteiger partial charge in [-0.3, -0.25) is 4.57 Å². The molecule has 0 unspecified atom stereocenters. The van der Waals surface area contributed by atoms with E-state index in [0.717, 1.165) is 26.7 Å². The topological polar surface area (TPSA) is 70.1 Å². The van der Waals surface area contributed by atoms with Crippen molar-refractivity contribution < 1.29 is 13.9 Å². The number of hydrogen-bond acceptors (Lipinski definition) is 4. The summed E-state index contributed by atoms with van der Waals surface area (Å²) in [5, 5.41) is 0.788. The molecule has 0 radical (unpaired) electrons. The Morgan fingerprint density at radius 1 is 1.32 bits per heavy atom. The van der Waals surface area contributed by atoms with Crippen LogP contribution in [-0.2, 0) is 18.0 Å². The molecule has 7 heteroatoms. The molecule has 0 aliphatic carbocycles. The molecule has 1 aromatic carbocycles. The van der Waals surface area contributed by atoms with Crippen molar-refractivity contribution in [1.82, 2.24) is 9.55 Å². The van der Waals surface area contributed by atoms with E-state index >= 15 is 0 Å². The molecule has 0 aliphatic heterocycles. The number of carbonyl (C=O) groups excluding carboxylic acids is 1. The van der Waals surface area contributed by atoms with Gasteiger partial charge in [0, 0.05) is 11.3 Å². The lowest BCUT2D eigenvalue weighted by Crippen LogP contribution is -2.16. The fraction of sp³-hybridized carbons (Fsp3) is 0.444. The molecule has 5 nitrogen and oxygen atoms in total. The fourth-order valence-electron chi connectivity index (χ4n) is 2.65. The molecule has 0 saturated carbocycles. The number of nitrogens with zero attached hydrogens (tertiary/aromatic N) is 2. The molecule has 0 atom stereocenters. The molecule has 1 heterocycles. The molecular weight excluding hydrogens is 341 g/mol. The lowest BCUT2D eigenvalue weighted by atomic mass is 10.1. The molecule has 0 fully saturated rings. The molecule has 0 aliphatic rings. The summed E-state index contributed by atoms with van der Waals surface area (Å²) in [5.41, 5.74) is 8.14. The molecule has 0 saturated heterocycles. The number of amides is 1. The van der Waals surface area contributed by atoms with E-state index in [9.17, 15) is 9.18 Å². The first-order valence-corrected chi connectivity index (χ1v) is 8.97. The van der Waals surface area contributed by atoms with Crippen molar-refractivity contribution in [3.8, 4) is 0 Å². The van der Waals surface area contributed by atoms with Crippen LogP contribution in [0.2, 0.25) is 0 Å². The third kappa shape index (κ3) is 4.98. The van der Waals surface area contributed by atoms with Crippen molar-refractivity contribution in [3.05, 3.63) is 40.8 Å². The van der Waals surface area contributed by atoms with Gasteiger partial charge < -0.3 is 10.5 Å². The van der Waals surface area contributed by atoms with Gasteiger partial charge in [0.15, 0.2) is 6.80 Å².